The number of methoxy groups -OCH3 is 1. The number of Topliss-reactive ketones (excluding diaryl/α,β-unsaturated/α-hetero) is 1. The molecule has 0 bridgehead atoms. The predicted molar refractivity (Wildman–Crippen MR) is 77.1 cm³/mol. The molecule has 4 nitrogen and oxygen atoms in total. The maximum atomic E-state index is 13.7. The molecular weight excluding hydrogens is 259 g/mol. The van der Waals surface area contributed by atoms with Gasteiger partial charge in [0, 0.05) is 23.0 Å². The van der Waals surface area contributed by atoms with Gasteiger partial charge in [0.15, 0.2) is 5.78 Å². The summed E-state index contributed by atoms with van der Waals surface area (Å²) in [6, 6.07) is 9.27. The van der Waals surface area contributed by atoms with Crippen molar-refractivity contribution in [2.45, 2.75) is 6.92 Å². The lowest BCUT2D eigenvalue weighted by molar-refractivity contribution is 0.101. The van der Waals surface area contributed by atoms with Crippen molar-refractivity contribution < 1.29 is 13.9 Å². The number of ketones is 1. The lowest BCUT2D eigenvalue weighted by atomic mass is 10.1. The van der Waals surface area contributed by atoms with Crippen molar-refractivity contribution in [3.8, 4) is 5.75 Å². The Hall–Kier alpha value is -2.56. The molecular formula is C15H15FN2O2. The monoisotopic (exact) mass is 274 g/mol. The molecule has 2 rings (SSSR count). The Bertz CT molecular complexity index is 656. The van der Waals surface area contributed by atoms with E-state index in [1.54, 1.807) is 24.3 Å². The first-order valence-electron chi connectivity index (χ1n) is 6.02. The van der Waals surface area contributed by atoms with Crippen LogP contribution in [-0.4, -0.2) is 12.9 Å². The number of hydrogen-bond acceptors (Lipinski definition) is 4. The van der Waals surface area contributed by atoms with E-state index in [4.69, 9.17) is 10.5 Å². The highest BCUT2D eigenvalue weighted by atomic mass is 19.1. The summed E-state index contributed by atoms with van der Waals surface area (Å²) < 4.78 is 18.7. The molecule has 0 fully saturated rings. The zero-order valence-corrected chi connectivity index (χ0v) is 11.2. The van der Waals surface area contributed by atoms with Crippen molar-refractivity contribution in [1.82, 2.24) is 0 Å². The average molecular weight is 274 g/mol. The first-order valence-corrected chi connectivity index (χ1v) is 6.02. The van der Waals surface area contributed by atoms with E-state index in [0.29, 0.717) is 22.7 Å². The van der Waals surface area contributed by atoms with E-state index in [-0.39, 0.29) is 11.5 Å². The molecule has 2 aromatic rings. The molecule has 2 aromatic carbocycles. The van der Waals surface area contributed by atoms with Gasteiger partial charge >= 0.3 is 0 Å². The maximum Gasteiger partial charge on any atom is 0.161 e. The highest BCUT2D eigenvalue weighted by molar-refractivity contribution is 5.99. The molecule has 0 spiro atoms. The number of rotatable bonds is 4. The van der Waals surface area contributed by atoms with Gasteiger partial charge in [-0.05, 0) is 37.3 Å². The van der Waals surface area contributed by atoms with Crippen LogP contribution in [0.4, 0.5) is 21.5 Å². The number of ether oxygens (including phenoxy) is 1. The summed E-state index contributed by atoms with van der Waals surface area (Å²) >= 11 is 0. The third-order valence-corrected chi connectivity index (χ3v) is 2.88. The van der Waals surface area contributed by atoms with Crippen LogP contribution in [0.2, 0.25) is 0 Å². The zero-order valence-electron chi connectivity index (χ0n) is 11.2. The average Bonchev–Trinajstić information content (AvgIpc) is 2.41. The molecule has 0 amide bonds. The fraction of sp³-hybridized carbons (Fsp3) is 0.133. The summed E-state index contributed by atoms with van der Waals surface area (Å²) in [4.78, 5) is 11.3. The highest BCUT2D eigenvalue weighted by Crippen LogP contribution is 2.26. The number of anilines is 3. The summed E-state index contributed by atoms with van der Waals surface area (Å²) in [6.45, 7) is 1.44. The molecule has 0 aromatic heterocycles. The molecule has 0 saturated carbocycles. The van der Waals surface area contributed by atoms with Crippen LogP contribution in [0, 0.1) is 5.82 Å². The second kappa shape index (κ2) is 5.61. The van der Waals surface area contributed by atoms with Gasteiger partial charge < -0.3 is 15.8 Å². The predicted octanol–water partition coefficient (Wildman–Crippen LogP) is 3.36. The van der Waals surface area contributed by atoms with Gasteiger partial charge in [0.25, 0.3) is 0 Å². The number of carbonyl (C=O) groups excluding carboxylic acids is 1. The summed E-state index contributed by atoms with van der Waals surface area (Å²) in [6.07, 6.45) is 0. The number of nitrogens with two attached hydrogens (primary N) is 1. The standard InChI is InChI=1S/C15H15FN2O2/c1-9(19)12-5-3-10(7-14(12)17)18-15-8-11(20-2)4-6-13(15)16/h3-8,18H,17H2,1-2H3. The van der Waals surface area contributed by atoms with E-state index in [1.165, 1.54) is 26.2 Å². The number of halogens is 1. The Morgan fingerprint density at radius 1 is 1.25 bits per heavy atom. The zero-order chi connectivity index (χ0) is 14.7. The SMILES string of the molecule is COc1ccc(F)c(Nc2ccc(C(C)=O)c(N)c2)c1. The minimum absolute atomic E-state index is 0.110. The van der Waals surface area contributed by atoms with Gasteiger partial charge in [-0.2, -0.15) is 0 Å². The molecule has 104 valence electrons. The van der Waals surface area contributed by atoms with Crippen molar-refractivity contribution in [3.05, 3.63) is 47.8 Å². The van der Waals surface area contributed by atoms with Gasteiger partial charge in [-0.25, -0.2) is 4.39 Å². The van der Waals surface area contributed by atoms with Crippen LogP contribution in [0.25, 0.3) is 0 Å². The van der Waals surface area contributed by atoms with Crippen molar-refractivity contribution in [1.29, 1.82) is 0 Å². The normalized spacial score (nSPS) is 10.2. The number of nitrogens with one attached hydrogen (secondary N) is 1. The molecule has 0 aliphatic rings. The molecule has 5 heteroatoms. The third kappa shape index (κ3) is 2.88. The molecule has 0 heterocycles. The van der Waals surface area contributed by atoms with Gasteiger partial charge in [0.05, 0.1) is 12.8 Å². The maximum absolute atomic E-state index is 13.7. The van der Waals surface area contributed by atoms with Crippen molar-refractivity contribution in [2.24, 2.45) is 0 Å². The van der Waals surface area contributed by atoms with E-state index in [2.05, 4.69) is 5.32 Å². The van der Waals surface area contributed by atoms with Gasteiger partial charge in [0.1, 0.15) is 11.6 Å². The van der Waals surface area contributed by atoms with Crippen LogP contribution in [0.15, 0.2) is 36.4 Å². The number of carbonyl (C=O) groups is 1. The van der Waals surface area contributed by atoms with Crippen LogP contribution < -0.4 is 15.8 Å². The van der Waals surface area contributed by atoms with Gasteiger partial charge in [-0.3, -0.25) is 4.79 Å². The van der Waals surface area contributed by atoms with Crippen molar-refractivity contribution in [2.75, 3.05) is 18.2 Å². The smallest absolute Gasteiger partial charge is 0.161 e. The molecule has 0 radical (unpaired) electrons. The number of hydrogen-bond donors (Lipinski definition) is 2. The Morgan fingerprint density at radius 2 is 2.00 bits per heavy atom. The largest absolute Gasteiger partial charge is 0.497 e. The molecule has 0 saturated heterocycles. The Labute approximate surface area is 116 Å². The second-order valence-electron chi connectivity index (χ2n) is 4.33. The molecule has 0 atom stereocenters. The van der Waals surface area contributed by atoms with E-state index in [1.807, 2.05) is 0 Å². The van der Waals surface area contributed by atoms with Crippen molar-refractivity contribution >= 4 is 22.8 Å². The second-order valence-corrected chi connectivity index (χ2v) is 4.33. The minimum Gasteiger partial charge on any atom is -0.497 e. The molecule has 0 aliphatic heterocycles. The van der Waals surface area contributed by atoms with Crippen LogP contribution in [0.5, 0.6) is 5.75 Å². The van der Waals surface area contributed by atoms with Crippen molar-refractivity contribution in [3.63, 3.8) is 0 Å². The van der Waals surface area contributed by atoms with Gasteiger partial charge in [-0.1, -0.05) is 0 Å². The van der Waals surface area contributed by atoms with Crippen LogP contribution in [-0.2, 0) is 0 Å². The van der Waals surface area contributed by atoms with Gasteiger partial charge in [0.2, 0.25) is 0 Å². The Kier molecular flexibility index (Phi) is 3.89. The first kappa shape index (κ1) is 13.9. The molecule has 20 heavy (non-hydrogen) atoms. The Morgan fingerprint density at radius 3 is 2.60 bits per heavy atom. The fourth-order valence-electron chi connectivity index (χ4n) is 1.84. The number of nitrogen functional groups attached to an aromatic ring is 1. The van der Waals surface area contributed by atoms with Crippen LogP contribution in [0.3, 0.4) is 0 Å². The first-order chi connectivity index (χ1) is 9.51. The lowest BCUT2D eigenvalue weighted by Gasteiger charge is -2.11. The quantitative estimate of drug-likeness (QED) is 0.662. The minimum atomic E-state index is -0.403. The van der Waals surface area contributed by atoms with Gasteiger partial charge in [-0.15, -0.1) is 0 Å². The van der Waals surface area contributed by atoms with E-state index >= 15 is 0 Å². The molecule has 3 N–H and O–H groups in total. The third-order valence-electron chi connectivity index (χ3n) is 2.88. The summed E-state index contributed by atoms with van der Waals surface area (Å²) in [5.41, 5.74) is 7.46. The fourth-order valence-corrected chi connectivity index (χ4v) is 1.84. The highest BCUT2D eigenvalue weighted by Gasteiger charge is 2.08. The summed E-state index contributed by atoms with van der Waals surface area (Å²) in [7, 11) is 1.51. The summed E-state index contributed by atoms with van der Waals surface area (Å²) in [5.74, 6) is 0.0313. The Balaban J connectivity index is 2.30. The topological polar surface area (TPSA) is 64.3 Å². The van der Waals surface area contributed by atoms with Crippen LogP contribution in [0.1, 0.15) is 17.3 Å². The van der Waals surface area contributed by atoms with E-state index in [0.717, 1.165) is 0 Å². The van der Waals surface area contributed by atoms with E-state index in [9.17, 15) is 9.18 Å². The molecule has 0 aliphatic carbocycles. The summed E-state index contributed by atoms with van der Waals surface area (Å²) in [5, 5.41) is 2.91. The van der Waals surface area contributed by atoms with E-state index < -0.39 is 5.82 Å². The molecule has 0 unspecified atom stereocenters. The van der Waals surface area contributed by atoms with Crippen LogP contribution >= 0.6 is 0 Å². The number of benzene rings is 2. The lowest BCUT2D eigenvalue weighted by Crippen LogP contribution is -2.01.